The Balaban J connectivity index is 1.43. The van der Waals surface area contributed by atoms with Gasteiger partial charge >= 0.3 is 6.03 Å². The molecule has 1 atom stereocenters. The van der Waals surface area contributed by atoms with Gasteiger partial charge in [-0.1, -0.05) is 42.5 Å². The molecule has 0 aromatic heterocycles. The topological polar surface area (TPSA) is 67.9 Å². The fourth-order valence-electron chi connectivity index (χ4n) is 3.53. The molecule has 3 aromatic carbocycles. The molecule has 1 fully saturated rings. The van der Waals surface area contributed by atoms with Crippen molar-refractivity contribution in [2.45, 2.75) is 12.5 Å². The predicted octanol–water partition coefficient (Wildman–Crippen LogP) is 3.69. The first-order chi connectivity index (χ1) is 14.0. The number of nitrogens with zero attached hydrogens (tertiary/aromatic N) is 1. The van der Waals surface area contributed by atoms with E-state index in [1.807, 2.05) is 42.5 Å². The second-order valence-corrected chi connectivity index (χ2v) is 7.10. The number of methoxy groups -OCH3 is 1. The Bertz CT molecular complexity index is 1060. The molecule has 6 nitrogen and oxygen atoms in total. The molecular weight excluding hydrogens is 368 g/mol. The third-order valence-electron chi connectivity index (χ3n) is 5.25. The van der Waals surface area contributed by atoms with E-state index in [1.54, 1.807) is 38.3 Å². The summed E-state index contributed by atoms with van der Waals surface area (Å²) in [6.07, 6.45) is 0. The van der Waals surface area contributed by atoms with Gasteiger partial charge in [0.05, 0.1) is 13.7 Å². The zero-order chi connectivity index (χ0) is 20.4. The van der Waals surface area contributed by atoms with Crippen LogP contribution in [0.1, 0.15) is 12.5 Å². The molecule has 1 aliphatic rings. The largest absolute Gasteiger partial charge is 0.497 e. The van der Waals surface area contributed by atoms with E-state index in [0.29, 0.717) is 17.1 Å². The van der Waals surface area contributed by atoms with Gasteiger partial charge in [-0.3, -0.25) is 9.69 Å². The molecule has 0 aliphatic carbocycles. The summed E-state index contributed by atoms with van der Waals surface area (Å²) in [7, 11) is 1.58. The number of nitrogens with one attached hydrogen (secondary N) is 1. The summed E-state index contributed by atoms with van der Waals surface area (Å²) in [5.41, 5.74) is -0.402. The lowest BCUT2D eigenvalue weighted by Crippen LogP contribution is -2.41. The SMILES string of the molecule is COc1ccc(C2(C)NC(=O)N(CCOc3ccc4ccccc4c3)C2=O)cc1. The van der Waals surface area contributed by atoms with Crippen LogP contribution >= 0.6 is 0 Å². The Kier molecular flexibility index (Phi) is 4.84. The fourth-order valence-corrected chi connectivity index (χ4v) is 3.53. The van der Waals surface area contributed by atoms with Crippen molar-refractivity contribution < 1.29 is 19.1 Å². The minimum absolute atomic E-state index is 0.170. The zero-order valence-electron chi connectivity index (χ0n) is 16.3. The maximum atomic E-state index is 13.0. The van der Waals surface area contributed by atoms with Gasteiger partial charge in [0.25, 0.3) is 5.91 Å². The first-order valence-corrected chi connectivity index (χ1v) is 9.41. The van der Waals surface area contributed by atoms with Crippen molar-refractivity contribution in [3.05, 3.63) is 72.3 Å². The van der Waals surface area contributed by atoms with Crippen LogP contribution in [0.25, 0.3) is 10.8 Å². The number of imide groups is 1. The average Bonchev–Trinajstić information content (AvgIpc) is 2.97. The zero-order valence-corrected chi connectivity index (χ0v) is 16.3. The lowest BCUT2D eigenvalue weighted by Gasteiger charge is -2.22. The van der Waals surface area contributed by atoms with E-state index in [9.17, 15) is 9.59 Å². The molecule has 29 heavy (non-hydrogen) atoms. The van der Waals surface area contributed by atoms with Gasteiger partial charge in [-0.15, -0.1) is 0 Å². The Labute approximate surface area is 169 Å². The van der Waals surface area contributed by atoms with Gasteiger partial charge in [0, 0.05) is 0 Å². The van der Waals surface area contributed by atoms with Crippen molar-refractivity contribution in [1.29, 1.82) is 0 Å². The van der Waals surface area contributed by atoms with Crippen molar-refractivity contribution in [3.8, 4) is 11.5 Å². The van der Waals surface area contributed by atoms with Crippen LogP contribution in [0, 0.1) is 0 Å². The maximum absolute atomic E-state index is 13.0. The predicted molar refractivity (Wildman–Crippen MR) is 110 cm³/mol. The quantitative estimate of drug-likeness (QED) is 0.652. The van der Waals surface area contributed by atoms with Gasteiger partial charge in [-0.25, -0.2) is 4.79 Å². The number of hydrogen-bond acceptors (Lipinski definition) is 4. The number of carbonyl (C=O) groups is 2. The molecule has 6 heteroatoms. The molecule has 0 radical (unpaired) electrons. The number of carbonyl (C=O) groups excluding carboxylic acids is 2. The van der Waals surface area contributed by atoms with Crippen LogP contribution in [0.3, 0.4) is 0 Å². The number of rotatable bonds is 6. The molecule has 0 bridgehead atoms. The molecule has 1 saturated heterocycles. The summed E-state index contributed by atoms with van der Waals surface area (Å²) >= 11 is 0. The second kappa shape index (κ2) is 7.47. The number of ether oxygens (including phenoxy) is 2. The Morgan fingerprint density at radius 1 is 0.931 bits per heavy atom. The van der Waals surface area contributed by atoms with Crippen LogP contribution in [0.2, 0.25) is 0 Å². The monoisotopic (exact) mass is 390 g/mol. The molecule has 1 unspecified atom stereocenters. The van der Waals surface area contributed by atoms with E-state index in [0.717, 1.165) is 10.8 Å². The highest BCUT2D eigenvalue weighted by atomic mass is 16.5. The highest BCUT2D eigenvalue weighted by Crippen LogP contribution is 2.30. The van der Waals surface area contributed by atoms with Crippen molar-refractivity contribution >= 4 is 22.7 Å². The number of benzene rings is 3. The second-order valence-electron chi connectivity index (χ2n) is 7.10. The molecule has 0 saturated carbocycles. The average molecular weight is 390 g/mol. The summed E-state index contributed by atoms with van der Waals surface area (Å²) in [6, 6.07) is 20.5. The third kappa shape index (κ3) is 3.49. The molecule has 3 aromatic rings. The van der Waals surface area contributed by atoms with Crippen molar-refractivity contribution in [2.75, 3.05) is 20.3 Å². The minimum atomic E-state index is -1.10. The molecule has 148 valence electrons. The summed E-state index contributed by atoms with van der Waals surface area (Å²) in [5, 5.41) is 5.00. The van der Waals surface area contributed by atoms with Crippen LogP contribution in [-0.2, 0) is 10.3 Å². The fraction of sp³-hybridized carbons (Fsp3) is 0.217. The Morgan fingerprint density at radius 3 is 2.34 bits per heavy atom. The van der Waals surface area contributed by atoms with Gasteiger partial charge in [-0.2, -0.15) is 0 Å². The molecule has 0 spiro atoms. The molecular formula is C23H22N2O4. The normalized spacial score (nSPS) is 18.8. The van der Waals surface area contributed by atoms with E-state index < -0.39 is 11.6 Å². The van der Waals surface area contributed by atoms with Crippen LogP contribution in [-0.4, -0.2) is 37.1 Å². The van der Waals surface area contributed by atoms with E-state index in [2.05, 4.69) is 5.32 Å². The van der Waals surface area contributed by atoms with Gasteiger partial charge < -0.3 is 14.8 Å². The number of fused-ring (bicyclic) bond motifs is 1. The van der Waals surface area contributed by atoms with Crippen molar-refractivity contribution in [1.82, 2.24) is 10.2 Å². The lowest BCUT2D eigenvalue weighted by atomic mass is 9.92. The van der Waals surface area contributed by atoms with E-state index in [-0.39, 0.29) is 19.1 Å². The number of urea groups is 1. The molecule has 1 aliphatic heterocycles. The first kappa shape index (κ1) is 18.8. The van der Waals surface area contributed by atoms with E-state index in [1.165, 1.54) is 4.90 Å². The van der Waals surface area contributed by atoms with Crippen LogP contribution in [0.4, 0.5) is 4.79 Å². The van der Waals surface area contributed by atoms with Gasteiger partial charge in [0.2, 0.25) is 0 Å². The Hall–Kier alpha value is -3.54. The van der Waals surface area contributed by atoms with Gasteiger partial charge in [0.1, 0.15) is 23.6 Å². The minimum Gasteiger partial charge on any atom is -0.497 e. The summed E-state index contributed by atoms with van der Waals surface area (Å²) < 4.78 is 10.9. The van der Waals surface area contributed by atoms with Crippen molar-refractivity contribution in [3.63, 3.8) is 0 Å². The van der Waals surface area contributed by atoms with Crippen LogP contribution in [0.5, 0.6) is 11.5 Å². The number of amides is 3. The molecule has 1 N–H and O–H groups in total. The Morgan fingerprint density at radius 2 is 1.62 bits per heavy atom. The highest BCUT2D eigenvalue weighted by molar-refractivity contribution is 6.07. The summed E-state index contributed by atoms with van der Waals surface area (Å²) in [4.78, 5) is 26.6. The van der Waals surface area contributed by atoms with Crippen LogP contribution in [0.15, 0.2) is 66.7 Å². The van der Waals surface area contributed by atoms with Crippen LogP contribution < -0.4 is 14.8 Å². The number of hydrogen-bond donors (Lipinski definition) is 1. The standard InChI is InChI=1S/C23H22N2O4/c1-23(18-8-11-19(28-2)12-9-18)21(26)25(22(27)24-23)13-14-29-20-10-7-16-5-3-4-6-17(16)15-20/h3-12,15H,13-14H2,1-2H3,(H,24,27). The lowest BCUT2D eigenvalue weighted by molar-refractivity contribution is -0.131. The third-order valence-corrected chi connectivity index (χ3v) is 5.25. The van der Waals surface area contributed by atoms with Crippen molar-refractivity contribution in [2.24, 2.45) is 0 Å². The molecule has 3 amide bonds. The highest BCUT2D eigenvalue weighted by Gasteiger charge is 2.48. The van der Waals surface area contributed by atoms with Gasteiger partial charge in [-0.05, 0) is 47.5 Å². The van der Waals surface area contributed by atoms with E-state index >= 15 is 0 Å². The first-order valence-electron chi connectivity index (χ1n) is 9.41. The maximum Gasteiger partial charge on any atom is 0.325 e. The summed E-state index contributed by atoms with van der Waals surface area (Å²) in [5.74, 6) is 1.10. The van der Waals surface area contributed by atoms with E-state index in [4.69, 9.17) is 9.47 Å². The summed E-state index contributed by atoms with van der Waals surface area (Å²) in [6.45, 7) is 2.10. The molecule has 4 rings (SSSR count). The van der Waals surface area contributed by atoms with Gasteiger partial charge in [0.15, 0.2) is 0 Å². The smallest absolute Gasteiger partial charge is 0.325 e. The molecule has 1 heterocycles.